The molecule has 0 radical (unpaired) electrons. The third kappa shape index (κ3) is 4.52. The van der Waals surface area contributed by atoms with Gasteiger partial charge >= 0.3 is 0 Å². The molecule has 0 atom stereocenters. The minimum absolute atomic E-state index is 0.0900. The smallest absolute Gasteiger partial charge is 0.276 e. The average Bonchev–Trinajstić information content (AvgIpc) is 2.61. The number of benzene rings is 1. The van der Waals surface area contributed by atoms with Crippen LogP contribution in [0.15, 0.2) is 36.5 Å². The summed E-state index contributed by atoms with van der Waals surface area (Å²) in [7, 11) is 0. The van der Waals surface area contributed by atoms with Crippen molar-refractivity contribution in [1.29, 1.82) is 0 Å². The van der Waals surface area contributed by atoms with Crippen LogP contribution in [0, 0.1) is 0 Å². The van der Waals surface area contributed by atoms with Gasteiger partial charge in [-0.25, -0.2) is 10.5 Å². The zero-order chi connectivity index (χ0) is 19.3. The number of aromatic nitrogens is 1. The summed E-state index contributed by atoms with van der Waals surface area (Å²) in [6, 6.07) is 9.57. The number of amides is 1. The number of nitrogens with one attached hydrogen (secondary N) is 1. The van der Waals surface area contributed by atoms with Gasteiger partial charge < -0.3 is 9.64 Å². The van der Waals surface area contributed by atoms with Crippen molar-refractivity contribution < 1.29 is 14.7 Å². The summed E-state index contributed by atoms with van der Waals surface area (Å²) >= 11 is 0. The van der Waals surface area contributed by atoms with Gasteiger partial charge in [0.25, 0.3) is 5.91 Å². The number of carbonyl (C=O) groups is 1. The third-order valence-electron chi connectivity index (χ3n) is 4.00. The van der Waals surface area contributed by atoms with Crippen molar-refractivity contribution in [2.24, 2.45) is 0 Å². The van der Waals surface area contributed by atoms with E-state index in [2.05, 4.69) is 31.0 Å². The quantitative estimate of drug-likeness (QED) is 0.572. The van der Waals surface area contributed by atoms with Gasteiger partial charge in [-0.2, -0.15) is 0 Å². The predicted molar refractivity (Wildman–Crippen MR) is 102 cm³/mol. The number of hydrogen-bond donors (Lipinski definition) is 2. The highest BCUT2D eigenvalue weighted by atomic mass is 16.5. The topological polar surface area (TPSA) is 74.7 Å². The number of ether oxygens (including phenoxy) is 1. The Morgan fingerprint density at radius 3 is 2.46 bits per heavy atom. The van der Waals surface area contributed by atoms with Crippen molar-refractivity contribution in [2.75, 3.05) is 11.4 Å². The molecule has 1 aromatic heterocycles. The van der Waals surface area contributed by atoms with Crippen LogP contribution in [-0.4, -0.2) is 28.7 Å². The van der Waals surface area contributed by atoms with Crippen molar-refractivity contribution in [3.05, 3.63) is 47.7 Å². The fraction of sp³-hybridized carbons (Fsp3) is 0.400. The van der Waals surface area contributed by atoms with Gasteiger partial charge in [0.15, 0.2) is 0 Å². The minimum atomic E-state index is -0.582. The molecule has 0 unspecified atom stereocenters. The fourth-order valence-corrected chi connectivity index (χ4v) is 2.75. The second-order valence-corrected chi connectivity index (χ2v) is 6.63. The molecule has 0 saturated carbocycles. The number of rotatable bonds is 7. The lowest BCUT2D eigenvalue weighted by Gasteiger charge is -2.25. The van der Waals surface area contributed by atoms with Crippen LogP contribution in [0.25, 0.3) is 0 Å². The molecule has 0 aliphatic heterocycles. The van der Waals surface area contributed by atoms with Crippen molar-refractivity contribution in [3.63, 3.8) is 0 Å². The monoisotopic (exact) mass is 357 g/mol. The second-order valence-electron chi connectivity index (χ2n) is 6.63. The van der Waals surface area contributed by atoms with Gasteiger partial charge in [0.2, 0.25) is 0 Å². The summed E-state index contributed by atoms with van der Waals surface area (Å²) in [6.07, 6.45) is 1.53. The van der Waals surface area contributed by atoms with E-state index in [1.54, 1.807) is 17.6 Å². The Balaban J connectivity index is 2.38. The molecule has 0 saturated heterocycles. The lowest BCUT2D eigenvalue weighted by Crippen LogP contribution is -2.20. The molecule has 0 spiro atoms. The molecule has 6 heteroatoms. The molecule has 1 amide bonds. The van der Waals surface area contributed by atoms with Crippen molar-refractivity contribution in [3.8, 4) is 5.75 Å². The first-order chi connectivity index (χ1) is 12.4. The van der Waals surface area contributed by atoms with Crippen LogP contribution in [0.5, 0.6) is 5.75 Å². The SMILES string of the molecule is CCN(c1ccc(C(C)C)c(OC(C)C)c1)c1ccc(C(=O)NO)cn1. The average molecular weight is 357 g/mol. The van der Waals surface area contributed by atoms with E-state index in [4.69, 9.17) is 9.94 Å². The van der Waals surface area contributed by atoms with E-state index >= 15 is 0 Å². The van der Waals surface area contributed by atoms with Gasteiger partial charge in [-0.15, -0.1) is 0 Å². The molecule has 2 N–H and O–H groups in total. The Hall–Kier alpha value is -2.60. The Bertz CT molecular complexity index is 742. The van der Waals surface area contributed by atoms with E-state index in [-0.39, 0.29) is 6.10 Å². The summed E-state index contributed by atoms with van der Waals surface area (Å²) in [4.78, 5) is 17.8. The van der Waals surface area contributed by atoms with E-state index in [1.165, 1.54) is 11.8 Å². The number of anilines is 2. The number of pyridine rings is 1. The van der Waals surface area contributed by atoms with E-state index in [0.29, 0.717) is 18.0 Å². The van der Waals surface area contributed by atoms with Crippen molar-refractivity contribution in [1.82, 2.24) is 10.5 Å². The van der Waals surface area contributed by atoms with Crippen LogP contribution in [-0.2, 0) is 0 Å². The highest BCUT2D eigenvalue weighted by Gasteiger charge is 2.15. The summed E-state index contributed by atoms with van der Waals surface area (Å²) in [6.45, 7) is 11.1. The van der Waals surface area contributed by atoms with Gasteiger partial charge in [0.05, 0.1) is 11.7 Å². The first-order valence-electron chi connectivity index (χ1n) is 8.86. The number of nitrogens with zero attached hydrogens (tertiary/aromatic N) is 2. The maximum Gasteiger partial charge on any atom is 0.276 e. The molecule has 0 bridgehead atoms. The molecule has 140 valence electrons. The second kappa shape index (κ2) is 8.67. The molecule has 2 rings (SSSR count). The summed E-state index contributed by atoms with van der Waals surface area (Å²) < 4.78 is 6.02. The standard InChI is InChI=1S/C20H27N3O3/c1-6-23(19-10-7-15(12-21-19)20(24)22-25)16-8-9-17(13(2)3)18(11-16)26-14(4)5/h7-14,25H,6H2,1-5H3,(H,22,24). The van der Waals surface area contributed by atoms with Crippen LogP contribution in [0.1, 0.15) is 56.5 Å². The van der Waals surface area contributed by atoms with Crippen LogP contribution in [0.2, 0.25) is 0 Å². The van der Waals surface area contributed by atoms with Gasteiger partial charge in [-0.3, -0.25) is 10.0 Å². The summed E-state index contributed by atoms with van der Waals surface area (Å²) in [5, 5.41) is 8.71. The first-order valence-corrected chi connectivity index (χ1v) is 8.86. The molecule has 2 aromatic rings. The van der Waals surface area contributed by atoms with Crippen LogP contribution < -0.4 is 15.1 Å². The molecule has 0 aliphatic carbocycles. The van der Waals surface area contributed by atoms with Gasteiger partial charge in [-0.05, 0) is 50.5 Å². The molecular weight excluding hydrogens is 330 g/mol. The largest absolute Gasteiger partial charge is 0.491 e. The van der Waals surface area contributed by atoms with E-state index < -0.39 is 5.91 Å². The molecular formula is C20H27N3O3. The minimum Gasteiger partial charge on any atom is -0.491 e. The van der Waals surface area contributed by atoms with Gasteiger partial charge in [0.1, 0.15) is 11.6 Å². The highest BCUT2D eigenvalue weighted by molar-refractivity contribution is 5.93. The lowest BCUT2D eigenvalue weighted by atomic mass is 10.0. The molecule has 0 fully saturated rings. The van der Waals surface area contributed by atoms with E-state index in [0.717, 1.165) is 17.3 Å². The Morgan fingerprint density at radius 2 is 1.96 bits per heavy atom. The Morgan fingerprint density at radius 1 is 1.23 bits per heavy atom. The normalized spacial score (nSPS) is 10.9. The van der Waals surface area contributed by atoms with Crippen LogP contribution in [0.3, 0.4) is 0 Å². The summed E-state index contributed by atoms with van der Waals surface area (Å²) in [5.41, 5.74) is 4.05. The Labute approximate surface area is 154 Å². The number of hydrogen-bond acceptors (Lipinski definition) is 5. The maximum absolute atomic E-state index is 11.5. The third-order valence-corrected chi connectivity index (χ3v) is 4.00. The Kier molecular flexibility index (Phi) is 6.58. The number of carbonyl (C=O) groups excluding carboxylic acids is 1. The van der Waals surface area contributed by atoms with Crippen LogP contribution in [0.4, 0.5) is 11.5 Å². The first kappa shape index (κ1) is 19.7. The predicted octanol–water partition coefficient (Wildman–Crippen LogP) is 4.27. The molecule has 6 nitrogen and oxygen atoms in total. The molecule has 1 heterocycles. The maximum atomic E-state index is 11.5. The fourth-order valence-electron chi connectivity index (χ4n) is 2.75. The van der Waals surface area contributed by atoms with Gasteiger partial charge in [0, 0.05) is 24.5 Å². The zero-order valence-electron chi connectivity index (χ0n) is 16.0. The van der Waals surface area contributed by atoms with Crippen molar-refractivity contribution >= 4 is 17.4 Å². The summed E-state index contributed by atoms with van der Waals surface area (Å²) in [5.74, 6) is 1.38. The van der Waals surface area contributed by atoms with Crippen LogP contribution >= 0.6 is 0 Å². The zero-order valence-corrected chi connectivity index (χ0v) is 16.0. The van der Waals surface area contributed by atoms with Crippen molar-refractivity contribution in [2.45, 2.75) is 46.6 Å². The molecule has 1 aromatic carbocycles. The lowest BCUT2D eigenvalue weighted by molar-refractivity contribution is 0.0706. The molecule has 26 heavy (non-hydrogen) atoms. The van der Waals surface area contributed by atoms with E-state index in [1.807, 2.05) is 31.7 Å². The number of hydroxylamine groups is 1. The van der Waals surface area contributed by atoms with Gasteiger partial charge in [-0.1, -0.05) is 19.9 Å². The van der Waals surface area contributed by atoms with E-state index in [9.17, 15) is 4.79 Å². The molecule has 0 aliphatic rings. The highest BCUT2D eigenvalue weighted by Crippen LogP contribution is 2.34.